The van der Waals surface area contributed by atoms with E-state index in [2.05, 4.69) is 39.0 Å². The number of hydrogen-bond donors (Lipinski definition) is 2. The minimum atomic E-state index is -0.360. The molecule has 1 aromatic rings. The number of nitrogens with two attached hydrogens (primary N) is 1. The third-order valence-corrected chi connectivity index (χ3v) is 2.82. The Morgan fingerprint density at radius 2 is 2.29 bits per heavy atom. The van der Waals surface area contributed by atoms with Gasteiger partial charge in [-0.1, -0.05) is 6.92 Å². The lowest BCUT2D eigenvalue weighted by Crippen LogP contribution is -2.37. The van der Waals surface area contributed by atoms with E-state index in [1.807, 2.05) is 7.05 Å². The van der Waals surface area contributed by atoms with Gasteiger partial charge in [-0.05, 0) is 30.7 Å². The van der Waals surface area contributed by atoms with E-state index in [9.17, 15) is 4.79 Å². The van der Waals surface area contributed by atoms with Crippen molar-refractivity contribution in [2.45, 2.75) is 26.3 Å². The number of hydrogen-bond acceptors (Lipinski definition) is 6. The van der Waals surface area contributed by atoms with Crippen LogP contribution >= 0.6 is 0 Å². The van der Waals surface area contributed by atoms with Crippen molar-refractivity contribution >= 4 is 11.7 Å². The van der Waals surface area contributed by atoms with Crippen molar-refractivity contribution < 1.29 is 9.42 Å². The lowest BCUT2D eigenvalue weighted by atomic mass is 10.2. The van der Waals surface area contributed by atoms with E-state index < -0.39 is 0 Å². The van der Waals surface area contributed by atoms with Crippen LogP contribution < -0.4 is 11.1 Å². The van der Waals surface area contributed by atoms with Gasteiger partial charge in [0, 0.05) is 19.1 Å². The van der Waals surface area contributed by atoms with Crippen LogP contribution in [0.15, 0.2) is 4.63 Å². The highest BCUT2D eigenvalue weighted by atomic mass is 16.6. The number of nitrogens with one attached hydrogen (secondary N) is 1. The second-order valence-electron chi connectivity index (χ2n) is 3.99. The molecule has 3 N–H and O–H groups in total. The first-order valence-electron chi connectivity index (χ1n) is 5.62. The first-order chi connectivity index (χ1) is 8.06. The molecule has 7 heteroatoms. The number of likely N-dealkylation sites (N-methyl/N-ethyl adjacent to an activating group) is 1. The molecule has 0 saturated heterocycles. The third kappa shape index (κ3) is 3.70. The molecule has 96 valence electrons. The molecule has 1 amide bonds. The number of amides is 1. The van der Waals surface area contributed by atoms with E-state index in [0.29, 0.717) is 12.6 Å². The van der Waals surface area contributed by atoms with Crippen molar-refractivity contribution in [1.29, 1.82) is 0 Å². The van der Waals surface area contributed by atoms with Crippen molar-refractivity contribution in [2.75, 3.05) is 25.9 Å². The van der Waals surface area contributed by atoms with Crippen molar-refractivity contribution in [3.63, 3.8) is 0 Å². The third-order valence-electron chi connectivity index (χ3n) is 2.82. The predicted molar refractivity (Wildman–Crippen MR) is 63.4 cm³/mol. The largest absolute Gasteiger partial charge is 0.379 e. The number of carbonyl (C=O) groups excluding carboxylic acids is 1. The van der Waals surface area contributed by atoms with Gasteiger partial charge >= 0.3 is 0 Å². The fourth-order valence-electron chi connectivity index (χ4n) is 1.31. The molecule has 0 spiro atoms. The average molecular weight is 241 g/mol. The predicted octanol–water partition coefficient (Wildman–Crippen LogP) is 0.112. The molecule has 0 aliphatic rings. The summed E-state index contributed by atoms with van der Waals surface area (Å²) >= 11 is 0. The maximum atomic E-state index is 11.6. The number of carbonyl (C=O) groups is 1. The van der Waals surface area contributed by atoms with Crippen LogP contribution in [0.1, 0.15) is 30.8 Å². The monoisotopic (exact) mass is 241 g/mol. The van der Waals surface area contributed by atoms with E-state index in [1.54, 1.807) is 0 Å². The molecule has 0 bridgehead atoms. The molecule has 1 aromatic heterocycles. The van der Waals surface area contributed by atoms with Crippen molar-refractivity contribution in [3.8, 4) is 0 Å². The van der Waals surface area contributed by atoms with Crippen LogP contribution in [-0.4, -0.2) is 47.3 Å². The Morgan fingerprint density at radius 1 is 1.59 bits per heavy atom. The Kier molecular flexibility index (Phi) is 4.89. The lowest BCUT2D eigenvalue weighted by molar-refractivity contribution is 0.0938. The molecule has 1 rings (SSSR count). The Morgan fingerprint density at radius 3 is 2.82 bits per heavy atom. The van der Waals surface area contributed by atoms with Gasteiger partial charge in [-0.25, -0.2) is 4.63 Å². The summed E-state index contributed by atoms with van der Waals surface area (Å²) in [6.07, 6.45) is 1.07. The number of rotatable bonds is 6. The molecule has 1 heterocycles. The normalized spacial score (nSPS) is 12.7. The molecule has 17 heavy (non-hydrogen) atoms. The van der Waals surface area contributed by atoms with Gasteiger partial charge in [0.1, 0.15) is 0 Å². The summed E-state index contributed by atoms with van der Waals surface area (Å²) in [4.78, 5) is 13.7. The number of aromatic nitrogens is 2. The molecule has 1 atom stereocenters. The molecule has 7 nitrogen and oxygen atoms in total. The fourth-order valence-corrected chi connectivity index (χ4v) is 1.31. The molecular weight excluding hydrogens is 222 g/mol. The number of anilines is 1. The summed E-state index contributed by atoms with van der Waals surface area (Å²) in [7, 11) is 2.02. The fraction of sp³-hybridized carbons (Fsp3) is 0.700. The van der Waals surface area contributed by atoms with E-state index in [0.717, 1.165) is 13.0 Å². The Hall–Kier alpha value is -1.63. The van der Waals surface area contributed by atoms with Gasteiger partial charge in [0.2, 0.25) is 11.5 Å². The zero-order chi connectivity index (χ0) is 12.8. The molecule has 0 aliphatic heterocycles. The van der Waals surface area contributed by atoms with Crippen LogP contribution in [0.4, 0.5) is 5.82 Å². The van der Waals surface area contributed by atoms with Crippen LogP contribution in [0, 0.1) is 0 Å². The highest BCUT2D eigenvalue weighted by molar-refractivity contribution is 5.95. The van der Waals surface area contributed by atoms with Gasteiger partial charge in [-0.3, -0.25) is 4.79 Å². The maximum Gasteiger partial charge on any atom is 0.277 e. The summed E-state index contributed by atoms with van der Waals surface area (Å²) in [5.74, 6) is -0.348. The number of nitrogen functional groups attached to an aromatic ring is 1. The Balaban J connectivity index is 2.32. The average Bonchev–Trinajstić information content (AvgIpc) is 2.74. The van der Waals surface area contributed by atoms with Gasteiger partial charge in [-0.15, -0.1) is 0 Å². The van der Waals surface area contributed by atoms with Gasteiger partial charge in [0.25, 0.3) is 5.91 Å². The van der Waals surface area contributed by atoms with E-state index in [4.69, 9.17) is 5.73 Å². The molecule has 1 unspecified atom stereocenters. The number of nitrogens with zero attached hydrogens (tertiary/aromatic N) is 3. The second-order valence-corrected chi connectivity index (χ2v) is 3.99. The first-order valence-corrected chi connectivity index (χ1v) is 5.62. The van der Waals surface area contributed by atoms with Crippen molar-refractivity contribution in [1.82, 2.24) is 20.5 Å². The molecule has 0 saturated carbocycles. The molecule has 0 radical (unpaired) electrons. The lowest BCUT2D eigenvalue weighted by Gasteiger charge is -2.23. The summed E-state index contributed by atoms with van der Waals surface area (Å²) < 4.78 is 4.35. The molecule has 0 fully saturated rings. The zero-order valence-corrected chi connectivity index (χ0v) is 10.4. The molecule has 0 aliphatic carbocycles. The topological polar surface area (TPSA) is 97.3 Å². The van der Waals surface area contributed by atoms with E-state index in [-0.39, 0.29) is 17.4 Å². The van der Waals surface area contributed by atoms with Crippen LogP contribution in [0.25, 0.3) is 0 Å². The van der Waals surface area contributed by atoms with Crippen LogP contribution in [0.3, 0.4) is 0 Å². The maximum absolute atomic E-state index is 11.6. The zero-order valence-electron chi connectivity index (χ0n) is 10.4. The minimum absolute atomic E-state index is 0.0118. The summed E-state index contributed by atoms with van der Waals surface area (Å²) in [5.41, 5.74) is 5.44. The Bertz CT molecular complexity index is 365. The highest BCUT2D eigenvalue weighted by Gasteiger charge is 2.15. The highest BCUT2D eigenvalue weighted by Crippen LogP contribution is 2.03. The SMILES string of the molecule is CCC(C)N(C)CCNC(=O)c1nonc1N. The smallest absolute Gasteiger partial charge is 0.277 e. The van der Waals surface area contributed by atoms with Crippen LogP contribution in [0.5, 0.6) is 0 Å². The van der Waals surface area contributed by atoms with Gasteiger partial charge < -0.3 is 16.0 Å². The van der Waals surface area contributed by atoms with E-state index >= 15 is 0 Å². The standard InChI is InChI=1S/C10H19N5O2/c1-4-7(2)15(3)6-5-12-10(16)8-9(11)14-17-13-8/h7H,4-6H2,1-3H3,(H2,11,14)(H,12,16). The second kappa shape index (κ2) is 6.19. The van der Waals surface area contributed by atoms with Crippen LogP contribution in [-0.2, 0) is 0 Å². The van der Waals surface area contributed by atoms with Gasteiger partial charge in [0.05, 0.1) is 0 Å². The van der Waals surface area contributed by atoms with Crippen molar-refractivity contribution in [3.05, 3.63) is 5.69 Å². The van der Waals surface area contributed by atoms with E-state index in [1.165, 1.54) is 0 Å². The quantitative estimate of drug-likeness (QED) is 0.733. The summed E-state index contributed by atoms with van der Waals surface area (Å²) in [6, 6.07) is 0.491. The van der Waals surface area contributed by atoms with Crippen molar-refractivity contribution in [2.24, 2.45) is 0 Å². The minimum Gasteiger partial charge on any atom is -0.379 e. The first kappa shape index (κ1) is 13.4. The summed E-state index contributed by atoms with van der Waals surface area (Å²) in [6.45, 7) is 5.57. The summed E-state index contributed by atoms with van der Waals surface area (Å²) in [5, 5.41) is 9.48. The molecule has 0 aromatic carbocycles. The van der Waals surface area contributed by atoms with Crippen LogP contribution in [0.2, 0.25) is 0 Å². The van der Waals surface area contributed by atoms with Gasteiger partial charge in [0.15, 0.2) is 0 Å². The van der Waals surface area contributed by atoms with Gasteiger partial charge in [-0.2, -0.15) is 0 Å². The Labute approximate surface area is 100 Å². The molecular formula is C10H19N5O2.